The normalized spacial score (nSPS) is 13.4. The van der Waals surface area contributed by atoms with Gasteiger partial charge in [0.15, 0.2) is 0 Å². The minimum absolute atomic E-state index is 0.0226. The van der Waals surface area contributed by atoms with Crippen molar-refractivity contribution in [2.45, 2.75) is 12.4 Å². The fourth-order valence-corrected chi connectivity index (χ4v) is 1.17. The molecule has 0 aliphatic rings. The summed E-state index contributed by atoms with van der Waals surface area (Å²) in [5, 5.41) is 0. The van der Waals surface area contributed by atoms with E-state index in [2.05, 4.69) is 31.2 Å². The predicted molar refractivity (Wildman–Crippen MR) is 53.5 cm³/mol. The van der Waals surface area contributed by atoms with Crippen molar-refractivity contribution in [2.24, 2.45) is 0 Å². The van der Waals surface area contributed by atoms with Gasteiger partial charge in [-0.1, -0.05) is 29.8 Å². The van der Waals surface area contributed by atoms with Gasteiger partial charge in [0.05, 0.1) is 0 Å². The summed E-state index contributed by atoms with van der Waals surface area (Å²) in [5.41, 5.74) is 2.39. The van der Waals surface area contributed by atoms with Crippen LogP contribution in [0.3, 0.4) is 0 Å². The van der Waals surface area contributed by atoms with Gasteiger partial charge in [-0.05, 0) is 26.6 Å². The molecule has 1 atom stereocenters. The summed E-state index contributed by atoms with van der Waals surface area (Å²) in [4.78, 5) is 1.98. The van der Waals surface area contributed by atoms with Crippen LogP contribution in [-0.2, 0) is 0 Å². The molecule has 0 spiro atoms. The van der Waals surface area contributed by atoms with Crippen LogP contribution in [0, 0.1) is 6.92 Å². The van der Waals surface area contributed by atoms with Crippen LogP contribution in [0.1, 0.15) is 16.6 Å². The van der Waals surface area contributed by atoms with Gasteiger partial charge in [0.1, 0.15) is 5.50 Å². The van der Waals surface area contributed by atoms with E-state index in [4.69, 9.17) is 11.6 Å². The molecule has 0 aliphatic carbocycles. The minimum Gasteiger partial charge on any atom is -0.290 e. The summed E-state index contributed by atoms with van der Waals surface area (Å²) in [7, 11) is 3.94. The molecule has 0 aromatic heterocycles. The minimum atomic E-state index is -0.0226. The number of halogens is 1. The maximum Gasteiger partial charge on any atom is 0.110 e. The maximum absolute atomic E-state index is 6.12. The van der Waals surface area contributed by atoms with Crippen molar-refractivity contribution in [1.29, 1.82) is 0 Å². The van der Waals surface area contributed by atoms with E-state index in [1.54, 1.807) is 0 Å². The Morgan fingerprint density at radius 2 is 1.67 bits per heavy atom. The Morgan fingerprint density at radius 1 is 1.17 bits per heavy atom. The largest absolute Gasteiger partial charge is 0.290 e. The predicted octanol–water partition coefficient (Wildman–Crippen LogP) is 2.79. The number of benzene rings is 1. The second-order valence-electron chi connectivity index (χ2n) is 3.21. The lowest BCUT2D eigenvalue weighted by atomic mass is 10.1. The molecule has 66 valence electrons. The molecule has 2 heteroatoms. The van der Waals surface area contributed by atoms with Crippen LogP contribution in [0.5, 0.6) is 0 Å². The Morgan fingerprint density at radius 3 is 2.08 bits per heavy atom. The fourth-order valence-electron chi connectivity index (χ4n) is 1.02. The maximum atomic E-state index is 6.12. The Kier molecular flexibility index (Phi) is 3.12. The van der Waals surface area contributed by atoms with Crippen molar-refractivity contribution in [3.05, 3.63) is 35.4 Å². The zero-order valence-corrected chi connectivity index (χ0v) is 8.47. The lowest BCUT2D eigenvalue weighted by Crippen LogP contribution is -2.14. The van der Waals surface area contributed by atoms with Gasteiger partial charge in [-0.3, -0.25) is 4.90 Å². The van der Waals surface area contributed by atoms with Gasteiger partial charge in [0, 0.05) is 0 Å². The number of hydrogen-bond acceptors (Lipinski definition) is 1. The molecule has 0 radical (unpaired) electrons. The quantitative estimate of drug-likeness (QED) is 0.504. The van der Waals surface area contributed by atoms with Crippen LogP contribution >= 0.6 is 11.6 Å². The van der Waals surface area contributed by atoms with E-state index in [0.717, 1.165) is 5.56 Å². The summed E-state index contributed by atoms with van der Waals surface area (Å²) < 4.78 is 0. The van der Waals surface area contributed by atoms with Crippen molar-refractivity contribution in [2.75, 3.05) is 14.1 Å². The topological polar surface area (TPSA) is 3.24 Å². The first kappa shape index (κ1) is 9.56. The monoisotopic (exact) mass is 183 g/mol. The van der Waals surface area contributed by atoms with Gasteiger partial charge >= 0.3 is 0 Å². The smallest absolute Gasteiger partial charge is 0.110 e. The number of alkyl halides is 1. The molecule has 12 heavy (non-hydrogen) atoms. The van der Waals surface area contributed by atoms with Crippen LogP contribution < -0.4 is 0 Å². The van der Waals surface area contributed by atoms with Crippen LogP contribution in [0.4, 0.5) is 0 Å². The number of hydrogen-bond donors (Lipinski definition) is 0. The third-order valence-electron chi connectivity index (χ3n) is 1.81. The summed E-state index contributed by atoms with van der Waals surface area (Å²) in [5.74, 6) is 0. The van der Waals surface area contributed by atoms with Gasteiger partial charge in [0.25, 0.3) is 0 Å². The number of nitrogens with zero attached hydrogens (tertiary/aromatic N) is 1. The van der Waals surface area contributed by atoms with Gasteiger partial charge in [-0.2, -0.15) is 0 Å². The third kappa shape index (κ3) is 2.23. The summed E-state index contributed by atoms with van der Waals surface area (Å²) in [6, 6.07) is 8.28. The molecule has 0 bridgehead atoms. The van der Waals surface area contributed by atoms with Crippen molar-refractivity contribution in [3.8, 4) is 0 Å². The Labute approximate surface area is 79.0 Å². The highest BCUT2D eigenvalue weighted by Crippen LogP contribution is 2.22. The molecule has 1 rings (SSSR count). The molecule has 1 aromatic rings. The lowest BCUT2D eigenvalue weighted by Gasteiger charge is -2.17. The second kappa shape index (κ2) is 3.92. The Hall–Kier alpha value is -0.530. The molecule has 0 heterocycles. The molecule has 0 aliphatic heterocycles. The van der Waals surface area contributed by atoms with E-state index in [-0.39, 0.29) is 5.50 Å². The molecule has 1 aromatic carbocycles. The highest BCUT2D eigenvalue weighted by atomic mass is 35.5. The van der Waals surface area contributed by atoms with E-state index in [9.17, 15) is 0 Å². The van der Waals surface area contributed by atoms with Crippen LogP contribution in [-0.4, -0.2) is 19.0 Å². The highest BCUT2D eigenvalue weighted by molar-refractivity contribution is 6.20. The fraction of sp³-hybridized carbons (Fsp3) is 0.400. The first-order valence-electron chi connectivity index (χ1n) is 3.98. The molecular weight excluding hydrogens is 170 g/mol. The summed E-state index contributed by atoms with van der Waals surface area (Å²) in [6.45, 7) is 2.07. The standard InChI is InChI=1S/C10H14ClN/c1-8-4-6-9(7-5-8)10(11)12(2)3/h4-7,10H,1-3H3. The third-order valence-corrected chi connectivity index (χ3v) is 2.45. The van der Waals surface area contributed by atoms with Gasteiger partial charge in [-0.15, -0.1) is 11.6 Å². The van der Waals surface area contributed by atoms with Crippen molar-refractivity contribution in [1.82, 2.24) is 4.90 Å². The number of aryl methyl sites for hydroxylation is 1. The van der Waals surface area contributed by atoms with E-state index >= 15 is 0 Å². The zero-order chi connectivity index (χ0) is 9.14. The first-order chi connectivity index (χ1) is 5.61. The second-order valence-corrected chi connectivity index (χ2v) is 3.62. The summed E-state index contributed by atoms with van der Waals surface area (Å²) >= 11 is 6.12. The molecule has 0 fully saturated rings. The van der Waals surface area contributed by atoms with Crippen LogP contribution in [0.2, 0.25) is 0 Å². The van der Waals surface area contributed by atoms with E-state index in [1.165, 1.54) is 5.56 Å². The van der Waals surface area contributed by atoms with Crippen molar-refractivity contribution < 1.29 is 0 Å². The molecule has 1 unspecified atom stereocenters. The van der Waals surface area contributed by atoms with Crippen molar-refractivity contribution in [3.63, 3.8) is 0 Å². The average Bonchev–Trinajstić information content (AvgIpc) is 2.04. The average molecular weight is 184 g/mol. The van der Waals surface area contributed by atoms with E-state index < -0.39 is 0 Å². The van der Waals surface area contributed by atoms with Gasteiger partial charge in [-0.25, -0.2) is 0 Å². The molecule has 0 amide bonds. The molecular formula is C10H14ClN. The SMILES string of the molecule is Cc1ccc(C(Cl)N(C)C)cc1. The first-order valence-corrected chi connectivity index (χ1v) is 4.42. The van der Waals surface area contributed by atoms with Gasteiger partial charge in [0.2, 0.25) is 0 Å². The lowest BCUT2D eigenvalue weighted by molar-refractivity contribution is 0.384. The Bertz CT molecular complexity index is 241. The molecule has 0 N–H and O–H groups in total. The van der Waals surface area contributed by atoms with E-state index in [0.29, 0.717) is 0 Å². The van der Waals surface area contributed by atoms with Gasteiger partial charge < -0.3 is 0 Å². The van der Waals surface area contributed by atoms with Crippen LogP contribution in [0.25, 0.3) is 0 Å². The highest BCUT2D eigenvalue weighted by Gasteiger charge is 2.08. The number of rotatable bonds is 2. The van der Waals surface area contributed by atoms with Crippen molar-refractivity contribution >= 4 is 11.6 Å². The Balaban J connectivity index is 2.82. The molecule has 1 nitrogen and oxygen atoms in total. The summed E-state index contributed by atoms with van der Waals surface area (Å²) in [6.07, 6.45) is 0. The molecule has 0 saturated heterocycles. The zero-order valence-electron chi connectivity index (χ0n) is 7.71. The molecule has 0 saturated carbocycles. The van der Waals surface area contributed by atoms with Crippen LogP contribution in [0.15, 0.2) is 24.3 Å². The van der Waals surface area contributed by atoms with E-state index in [1.807, 2.05) is 19.0 Å².